The Balaban J connectivity index is 2.14. The van der Waals surface area contributed by atoms with E-state index in [0.717, 1.165) is 11.4 Å². The van der Waals surface area contributed by atoms with E-state index in [9.17, 15) is 4.79 Å². The number of nitrogens with zero attached hydrogens (tertiary/aromatic N) is 2. The number of ketones is 1. The number of benzene rings is 1. The number of Topliss-reactive ketones (excluding diaryl/α,β-unsaturated/α-hetero) is 1. The van der Waals surface area contributed by atoms with Crippen LogP contribution in [0.1, 0.15) is 21.7 Å². The van der Waals surface area contributed by atoms with Crippen LogP contribution in [-0.4, -0.2) is 15.8 Å². The third-order valence-corrected chi connectivity index (χ3v) is 2.62. The molecule has 0 fully saturated rings. The lowest BCUT2D eigenvalue weighted by molar-refractivity contribution is 0.0992. The van der Waals surface area contributed by atoms with Crippen LogP contribution in [0, 0.1) is 6.92 Å². The lowest BCUT2D eigenvalue weighted by atomic mass is 10.1. The summed E-state index contributed by atoms with van der Waals surface area (Å²) in [6, 6.07) is 8.67. The van der Waals surface area contributed by atoms with Gasteiger partial charge in [-0.1, -0.05) is 11.6 Å². The molecule has 0 saturated carbocycles. The Bertz CT molecular complexity index is 537. The van der Waals surface area contributed by atoms with Gasteiger partial charge in [-0.3, -0.25) is 4.79 Å². The summed E-state index contributed by atoms with van der Waals surface area (Å²) in [7, 11) is 0. The molecule has 0 aliphatic carbocycles. The van der Waals surface area contributed by atoms with Crippen LogP contribution in [0.2, 0.25) is 5.02 Å². The molecule has 1 heterocycles. The first-order chi connectivity index (χ1) is 8.15. The smallest absolute Gasteiger partial charge is 0.168 e. The maximum absolute atomic E-state index is 11.9. The van der Waals surface area contributed by atoms with E-state index >= 15 is 0 Å². The van der Waals surface area contributed by atoms with Gasteiger partial charge in [0, 0.05) is 16.3 Å². The van der Waals surface area contributed by atoms with Crippen molar-refractivity contribution in [2.24, 2.45) is 0 Å². The summed E-state index contributed by atoms with van der Waals surface area (Å²) >= 11 is 5.77. The van der Waals surface area contributed by atoms with Gasteiger partial charge in [0.1, 0.15) is 6.33 Å². The summed E-state index contributed by atoms with van der Waals surface area (Å²) in [5.74, 6) is 0.0276. The predicted molar refractivity (Wildman–Crippen MR) is 66.3 cm³/mol. The molecule has 0 bridgehead atoms. The normalized spacial score (nSPS) is 10.2. The SMILES string of the molecule is Cc1cc(CC(=O)c2ccc(Cl)cc2)ncn1. The Labute approximate surface area is 104 Å². The minimum absolute atomic E-state index is 0.0276. The van der Waals surface area contributed by atoms with Gasteiger partial charge in [0.05, 0.1) is 12.1 Å². The number of hydrogen-bond acceptors (Lipinski definition) is 3. The van der Waals surface area contributed by atoms with Gasteiger partial charge < -0.3 is 0 Å². The molecule has 1 aromatic carbocycles. The molecular weight excluding hydrogens is 236 g/mol. The topological polar surface area (TPSA) is 42.9 Å². The Morgan fingerprint density at radius 1 is 1.24 bits per heavy atom. The van der Waals surface area contributed by atoms with Crippen LogP contribution in [-0.2, 0) is 6.42 Å². The minimum Gasteiger partial charge on any atom is -0.294 e. The Morgan fingerprint density at radius 3 is 2.59 bits per heavy atom. The third kappa shape index (κ3) is 3.11. The van der Waals surface area contributed by atoms with Crippen molar-refractivity contribution in [3.05, 3.63) is 58.6 Å². The third-order valence-electron chi connectivity index (χ3n) is 2.37. The van der Waals surface area contributed by atoms with E-state index in [0.29, 0.717) is 10.6 Å². The Kier molecular flexibility index (Phi) is 3.49. The molecule has 0 radical (unpaired) electrons. The summed E-state index contributed by atoms with van der Waals surface area (Å²) in [4.78, 5) is 20.0. The van der Waals surface area contributed by atoms with Gasteiger partial charge in [0.25, 0.3) is 0 Å². The summed E-state index contributed by atoms with van der Waals surface area (Å²) < 4.78 is 0. The van der Waals surface area contributed by atoms with Crippen molar-refractivity contribution < 1.29 is 4.79 Å². The van der Waals surface area contributed by atoms with Crippen molar-refractivity contribution in [1.82, 2.24) is 9.97 Å². The fourth-order valence-corrected chi connectivity index (χ4v) is 1.63. The highest BCUT2D eigenvalue weighted by molar-refractivity contribution is 6.30. The summed E-state index contributed by atoms with van der Waals surface area (Å²) in [6.45, 7) is 1.87. The molecule has 17 heavy (non-hydrogen) atoms. The first-order valence-corrected chi connectivity index (χ1v) is 5.59. The Hall–Kier alpha value is -1.74. The van der Waals surface area contributed by atoms with Gasteiger partial charge >= 0.3 is 0 Å². The first kappa shape index (κ1) is 11.7. The lowest BCUT2D eigenvalue weighted by Gasteiger charge is -2.01. The van der Waals surface area contributed by atoms with Gasteiger partial charge in [-0.25, -0.2) is 9.97 Å². The number of carbonyl (C=O) groups excluding carboxylic acids is 1. The fourth-order valence-electron chi connectivity index (χ4n) is 1.51. The van der Waals surface area contributed by atoms with Gasteiger partial charge in [0.15, 0.2) is 5.78 Å². The zero-order valence-corrected chi connectivity index (χ0v) is 10.1. The minimum atomic E-state index is 0.0276. The van der Waals surface area contributed by atoms with Crippen LogP contribution in [0.15, 0.2) is 36.7 Å². The van der Waals surface area contributed by atoms with E-state index in [-0.39, 0.29) is 12.2 Å². The maximum atomic E-state index is 11.9. The Morgan fingerprint density at radius 2 is 1.94 bits per heavy atom. The molecule has 0 amide bonds. The van der Waals surface area contributed by atoms with Crippen LogP contribution in [0.4, 0.5) is 0 Å². The fraction of sp³-hybridized carbons (Fsp3) is 0.154. The summed E-state index contributed by atoms with van der Waals surface area (Å²) in [6.07, 6.45) is 1.75. The van der Waals surface area contributed by atoms with E-state index in [1.807, 2.05) is 13.0 Å². The molecule has 4 heteroatoms. The molecule has 86 valence electrons. The van der Waals surface area contributed by atoms with Crippen molar-refractivity contribution in [2.45, 2.75) is 13.3 Å². The van der Waals surface area contributed by atoms with Crippen molar-refractivity contribution in [3.8, 4) is 0 Å². The number of aryl methyl sites for hydroxylation is 1. The molecule has 1 aromatic heterocycles. The molecular formula is C13H11ClN2O. The molecule has 0 unspecified atom stereocenters. The molecule has 0 N–H and O–H groups in total. The molecule has 2 rings (SSSR count). The summed E-state index contributed by atoms with van der Waals surface area (Å²) in [5, 5.41) is 0.624. The number of carbonyl (C=O) groups is 1. The van der Waals surface area contributed by atoms with E-state index in [1.54, 1.807) is 24.3 Å². The standard InChI is InChI=1S/C13H11ClN2O/c1-9-6-12(16-8-15-9)7-13(17)10-2-4-11(14)5-3-10/h2-6,8H,7H2,1H3. The van der Waals surface area contributed by atoms with Gasteiger partial charge in [-0.05, 0) is 37.3 Å². The zero-order chi connectivity index (χ0) is 12.3. The van der Waals surface area contributed by atoms with Crippen molar-refractivity contribution >= 4 is 17.4 Å². The van der Waals surface area contributed by atoms with E-state index < -0.39 is 0 Å². The second-order valence-corrected chi connectivity index (χ2v) is 4.19. The monoisotopic (exact) mass is 246 g/mol. The van der Waals surface area contributed by atoms with Crippen LogP contribution in [0.25, 0.3) is 0 Å². The molecule has 0 spiro atoms. The quantitative estimate of drug-likeness (QED) is 0.782. The van der Waals surface area contributed by atoms with Gasteiger partial charge in [0.2, 0.25) is 0 Å². The zero-order valence-electron chi connectivity index (χ0n) is 9.35. The highest BCUT2D eigenvalue weighted by Crippen LogP contribution is 2.11. The highest BCUT2D eigenvalue weighted by atomic mass is 35.5. The van der Waals surface area contributed by atoms with Gasteiger partial charge in [-0.2, -0.15) is 0 Å². The van der Waals surface area contributed by atoms with Crippen LogP contribution < -0.4 is 0 Å². The predicted octanol–water partition coefficient (Wildman–Crippen LogP) is 2.86. The molecule has 0 atom stereocenters. The number of hydrogen-bond donors (Lipinski definition) is 0. The number of halogens is 1. The molecule has 0 saturated heterocycles. The second kappa shape index (κ2) is 5.06. The number of aromatic nitrogens is 2. The van der Waals surface area contributed by atoms with Gasteiger partial charge in [-0.15, -0.1) is 0 Å². The van der Waals surface area contributed by atoms with Crippen LogP contribution in [0.3, 0.4) is 0 Å². The average Bonchev–Trinajstić information content (AvgIpc) is 2.29. The molecule has 0 aliphatic rings. The van der Waals surface area contributed by atoms with Crippen molar-refractivity contribution in [1.29, 1.82) is 0 Å². The van der Waals surface area contributed by atoms with Crippen LogP contribution >= 0.6 is 11.6 Å². The second-order valence-electron chi connectivity index (χ2n) is 3.76. The van der Waals surface area contributed by atoms with Crippen molar-refractivity contribution in [3.63, 3.8) is 0 Å². The summed E-state index contributed by atoms with van der Waals surface area (Å²) in [5.41, 5.74) is 2.24. The molecule has 0 aliphatic heterocycles. The molecule has 3 nitrogen and oxygen atoms in total. The first-order valence-electron chi connectivity index (χ1n) is 5.21. The molecule has 2 aromatic rings. The lowest BCUT2D eigenvalue weighted by Crippen LogP contribution is -2.05. The van der Waals surface area contributed by atoms with Crippen molar-refractivity contribution in [2.75, 3.05) is 0 Å². The number of rotatable bonds is 3. The average molecular weight is 247 g/mol. The largest absolute Gasteiger partial charge is 0.294 e. The highest BCUT2D eigenvalue weighted by Gasteiger charge is 2.08. The van der Waals surface area contributed by atoms with E-state index in [1.165, 1.54) is 6.33 Å². The van der Waals surface area contributed by atoms with E-state index in [2.05, 4.69) is 9.97 Å². The maximum Gasteiger partial charge on any atom is 0.168 e. The van der Waals surface area contributed by atoms with Crippen LogP contribution in [0.5, 0.6) is 0 Å². The van der Waals surface area contributed by atoms with E-state index in [4.69, 9.17) is 11.6 Å².